The van der Waals surface area contributed by atoms with Gasteiger partial charge in [0.15, 0.2) is 0 Å². The van der Waals surface area contributed by atoms with E-state index in [9.17, 15) is 0 Å². The Morgan fingerprint density at radius 1 is 2.00 bits per heavy atom. The van der Waals surface area contributed by atoms with Crippen molar-refractivity contribution in [1.82, 2.24) is 0 Å². The maximum absolute atomic E-state index is 9.10. The summed E-state index contributed by atoms with van der Waals surface area (Å²) in [6, 6.07) is 0. The van der Waals surface area contributed by atoms with Crippen molar-refractivity contribution in [1.29, 1.82) is 0 Å². The summed E-state index contributed by atoms with van der Waals surface area (Å²) in [6.07, 6.45) is 0. The Kier molecular flexibility index (Phi) is 1.85. The van der Waals surface area contributed by atoms with Crippen molar-refractivity contribution in [2.75, 3.05) is 0 Å². The Labute approximate surface area is 39.5 Å². The van der Waals surface area contributed by atoms with Crippen LogP contribution in [0.1, 0.15) is 0 Å². The molecule has 0 aromatic heterocycles. The molecule has 0 fully saturated rings. The van der Waals surface area contributed by atoms with Crippen LogP contribution in [-0.4, -0.2) is 34.4 Å². The molecule has 0 bridgehead atoms. The van der Waals surface area contributed by atoms with Gasteiger partial charge in [-0.3, -0.25) is 0 Å². The molecule has 2 nitrogen and oxygen atoms in total. The first-order valence-electron chi connectivity index (χ1n) is 0.928. The molecule has 24 valence electrons. The van der Waals surface area contributed by atoms with Gasteiger partial charge < -0.3 is 0 Å². The van der Waals surface area contributed by atoms with E-state index in [1.54, 1.807) is 0 Å². The van der Waals surface area contributed by atoms with Crippen molar-refractivity contribution in [3.63, 3.8) is 0 Å². The topological polar surface area (TPSA) is 37.3 Å². The molecule has 4 heavy (non-hydrogen) atoms. The van der Waals surface area contributed by atoms with E-state index in [0.29, 0.717) is 0 Å². The fraction of sp³-hybridized carbons (Fsp3) is 0. The monoisotopic (exact) mass is 256 g/mol. The normalized spacial score (nSPS) is 7.00. The summed E-state index contributed by atoms with van der Waals surface area (Å²) in [5.41, 5.74) is 0. The molecule has 0 aliphatic heterocycles. The SMILES string of the molecule is O=[C](O)[PbH3]. The first-order valence-corrected chi connectivity index (χ1v) is 4.82. The van der Waals surface area contributed by atoms with Gasteiger partial charge in [0.2, 0.25) is 0 Å². The number of hydrogen-bond donors (Lipinski definition) is 1. The number of carboxylic acid groups (broad SMARTS) is 1. The van der Waals surface area contributed by atoms with Gasteiger partial charge in [-0.2, -0.15) is 0 Å². The molecule has 0 aliphatic rings. The summed E-state index contributed by atoms with van der Waals surface area (Å²) >= 11 is -0.225. The molecule has 0 saturated heterocycles. The standard InChI is InChI=1S/CHO2.Pb.3H/c2-1-3;;;;/h(H,2,3);;;;. The van der Waals surface area contributed by atoms with Crippen molar-refractivity contribution < 1.29 is 9.90 Å². The van der Waals surface area contributed by atoms with Crippen LogP contribution in [0.4, 0.5) is 4.79 Å². The summed E-state index contributed by atoms with van der Waals surface area (Å²) in [5, 5.41) is 7.52. The molecule has 0 spiro atoms. The predicted octanol–water partition coefficient (Wildman–Crippen LogP) is -0.970. The minimum atomic E-state index is -0.611. The van der Waals surface area contributed by atoms with E-state index in [0.717, 1.165) is 0 Å². The van der Waals surface area contributed by atoms with Gasteiger partial charge in [-0.25, -0.2) is 0 Å². The van der Waals surface area contributed by atoms with Gasteiger partial charge in [0.25, 0.3) is 0 Å². The average Bonchev–Trinajstić information content (AvgIpc) is 0.811. The zero-order chi connectivity index (χ0) is 3.58. The third kappa shape index (κ3) is 30.2. The summed E-state index contributed by atoms with van der Waals surface area (Å²) in [7, 11) is 0. The van der Waals surface area contributed by atoms with Gasteiger partial charge in [0.05, 0.1) is 0 Å². The van der Waals surface area contributed by atoms with E-state index < -0.39 is 3.53 Å². The quantitative estimate of drug-likeness (QED) is 0.566. The van der Waals surface area contributed by atoms with Crippen LogP contribution in [0.25, 0.3) is 0 Å². The summed E-state index contributed by atoms with van der Waals surface area (Å²) in [6.45, 7) is 0. The Morgan fingerprint density at radius 3 is 2.00 bits per heavy atom. The molecule has 0 radical (unpaired) electrons. The Morgan fingerprint density at radius 2 is 2.00 bits per heavy atom. The van der Waals surface area contributed by atoms with Crippen LogP contribution in [-0.2, 0) is 0 Å². The van der Waals surface area contributed by atoms with Crippen LogP contribution in [0.3, 0.4) is 0 Å². The van der Waals surface area contributed by atoms with Gasteiger partial charge in [-0.1, -0.05) is 0 Å². The van der Waals surface area contributed by atoms with Crippen LogP contribution >= 0.6 is 0 Å². The van der Waals surface area contributed by atoms with Crippen LogP contribution in [0.15, 0.2) is 0 Å². The molecule has 0 aromatic carbocycles. The Hall–Kier alpha value is 0.392. The second-order valence-electron chi connectivity index (χ2n) is 0.519. The van der Waals surface area contributed by atoms with Crippen molar-refractivity contribution in [3.8, 4) is 0 Å². The molecular weight excluding hydrogens is 251 g/mol. The van der Waals surface area contributed by atoms with Gasteiger partial charge in [0.1, 0.15) is 0 Å². The third-order valence-corrected chi connectivity index (χ3v) is 0. The zero-order valence-corrected chi connectivity index (χ0v) is 10.1. The molecular formula is CH4O2Pb. The van der Waals surface area contributed by atoms with E-state index in [1.165, 1.54) is 0 Å². The minimum absolute atomic E-state index is 0.225. The van der Waals surface area contributed by atoms with Crippen LogP contribution in [0.5, 0.6) is 0 Å². The molecule has 1 N–H and O–H groups in total. The Bertz CT molecular complexity index is 29.0. The molecule has 0 unspecified atom stereocenters. The molecule has 3 heteroatoms. The van der Waals surface area contributed by atoms with E-state index in [-0.39, 0.29) is 25.8 Å². The average molecular weight is 255 g/mol. The third-order valence-electron chi connectivity index (χ3n) is 0. The Balaban J connectivity index is 2.80. The summed E-state index contributed by atoms with van der Waals surface area (Å²) < 4.78 is -0.611. The number of rotatable bonds is 0. The molecule has 0 saturated carbocycles. The second kappa shape index (κ2) is 1.69. The maximum atomic E-state index is 9.10. The zero-order valence-electron chi connectivity index (χ0n) is 2.36. The van der Waals surface area contributed by atoms with E-state index in [4.69, 9.17) is 9.90 Å². The second-order valence-corrected chi connectivity index (χ2v) is 3.84. The van der Waals surface area contributed by atoms with E-state index >= 15 is 0 Å². The molecule has 0 aliphatic carbocycles. The predicted molar refractivity (Wildman–Crippen MR) is 18.0 cm³/mol. The summed E-state index contributed by atoms with van der Waals surface area (Å²) in [4.78, 5) is 9.10. The van der Waals surface area contributed by atoms with Crippen molar-refractivity contribution in [2.45, 2.75) is 0 Å². The molecule has 0 aromatic rings. The molecule has 0 atom stereocenters. The van der Waals surface area contributed by atoms with E-state index in [1.807, 2.05) is 0 Å². The molecule has 0 heterocycles. The van der Waals surface area contributed by atoms with Crippen molar-refractivity contribution in [3.05, 3.63) is 0 Å². The first kappa shape index (κ1) is 4.39. The van der Waals surface area contributed by atoms with Gasteiger partial charge in [0, 0.05) is 0 Å². The fourth-order valence-corrected chi connectivity index (χ4v) is 0. The van der Waals surface area contributed by atoms with Gasteiger partial charge in [-0.15, -0.1) is 0 Å². The fourth-order valence-electron chi connectivity index (χ4n) is 0. The van der Waals surface area contributed by atoms with Crippen molar-refractivity contribution >= 4 is 29.3 Å². The first-order chi connectivity index (χ1) is 1.73. The number of carbonyl (C=O) groups is 1. The molecule has 0 amide bonds. The van der Waals surface area contributed by atoms with Crippen LogP contribution in [0, 0.1) is 0 Å². The van der Waals surface area contributed by atoms with Crippen molar-refractivity contribution in [2.24, 2.45) is 0 Å². The van der Waals surface area contributed by atoms with Gasteiger partial charge in [-0.05, 0) is 0 Å². The van der Waals surface area contributed by atoms with E-state index in [2.05, 4.69) is 0 Å². The van der Waals surface area contributed by atoms with Gasteiger partial charge >= 0.3 is 39.2 Å². The summed E-state index contributed by atoms with van der Waals surface area (Å²) in [5.74, 6) is 0. The molecule has 0 rings (SSSR count). The number of hydrogen-bond acceptors (Lipinski definition) is 1. The van der Waals surface area contributed by atoms with Crippen LogP contribution < -0.4 is 0 Å². The van der Waals surface area contributed by atoms with Crippen LogP contribution in [0.2, 0.25) is 0 Å².